The summed E-state index contributed by atoms with van der Waals surface area (Å²) in [6.45, 7) is 0.885. The molecule has 1 unspecified atom stereocenters. The summed E-state index contributed by atoms with van der Waals surface area (Å²) in [6, 6.07) is 0. The van der Waals surface area contributed by atoms with Crippen molar-refractivity contribution in [3.05, 3.63) is 0 Å². The van der Waals surface area contributed by atoms with Crippen LogP contribution in [0.1, 0.15) is 0 Å². The maximum Gasteiger partial charge on any atom is 0.113 e. The molecular formula is C5H10N2O. The van der Waals surface area contributed by atoms with Gasteiger partial charge in [0.1, 0.15) is 6.10 Å². The summed E-state index contributed by atoms with van der Waals surface area (Å²) < 4.78 is 4.99. The molecular weight excluding hydrogens is 104 g/mol. The Kier molecular flexibility index (Phi) is 1.48. The summed E-state index contributed by atoms with van der Waals surface area (Å²) in [4.78, 5) is 0. The number of hydrazone groups is 1. The van der Waals surface area contributed by atoms with Crippen molar-refractivity contribution in [3.8, 4) is 0 Å². The second-order valence-corrected chi connectivity index (χ2v) is 1.88. The molecule has 46 valence electrons. The fourth-order valence-corrected chi connectivity index (χ4v) is 0.678. The van der Waals surface area contributed by atoms with Gasteiger partial charge in [-0.25, -0.2) is 0 Å². The van der Waals surface area contributed by atoms with E-state index in [2.05, 4.69) is 5.10 Å². The Hall–Kier alpha value is -0.570. The van der Waals surface area contributed by atoms with Crippen LogP contribution in [0.4, 0.5) is 0 Å². The Balaban J connectivity index is 2.34. The molecule has 0 N–H and O–H groups in total. The smallest absolute Gasteiger partial charge is 0.113 e. The first-order chi connectivity index (χ1) is 3.83. The molecule has 0 amide bonds. The van der Waals surface area contributed by atoms with E-state index in [1.54, 1.807) is 13.3 Å². The third-order valence-corrected chi connectivity index (χ3v) is 1.18. The summed E-state index contributed by atoms with van der Waals surface area (Å²) in [5.74, 6) is 0. The highest BCUT2D eigenvalue weighted by atomic mass is 16.5. The van der Waals surface area contributed by atoms with Crippen molar-refractivity contribution < 1.29 is 4.74 Å². The van der Waals surface area contributed by atoms with Crippen molar-refractivity contribution in [3.63, 3.8) is 0 Å². The number of likely N-dealkylation sites (N-methyl/N-ethyl adjacent to an activating group) is 1. The number of hydrogen-bond acceptors (Lipinski definition) is 3. The molecule has 1 atom stereocenters. The van der Waals surface area contributed by atoms with Crippen LogP contribution in [-0.4, -0.2) is 38.0 Å². The first-order valence-corrected chi connectivity index (χ1v) is 2.61. The lowest BCUT2D eigenvalue weighted by molar-refractivity contribution is 0.142. The number of hydrogen-bond donors (Lipinski definition) is 0. The zero-order valence-electron chi connectivity index (χ0n) is 5.16. The van der Waals surface area contributed by atoms with Crippen LogP contribution in [0.3, 0.4) is 0 Å². The average molecular weight is 114 g/mol. The van der Waals surface area contributed by atoms with Gasteiger partial charge in [0.25, 0.3) is 0 Å². The van der Waals surface area contributed by atoms with E-state index < -0.39 is 0 Å². The monoisotopic (exact) mass is 114 g/mol. The minimum Gasteiger partial charge on any atom is -0.374 e. The number of rotatable bonds is 1. The standard InChI is InChI=1S/C5H10N2O/c1-7-4-5(8-2)3-6-7/h3,5H,4H2,1-2H3. The Labute approximate surface area is 48.9 Å². The highest BCUT2D eigenvalue weighted by Gasteiger charge is 2.11. The summed E-state index contributed by atoms with van der Waals surface area (Å²) >= 11 is 0. The van der Waals surface area contributed by atoms with Crippen molar-refractivity contribution >= 4 is 6.21 Å². The molecule has 0 fully saturated rings. The van der Waals surface area contributed by atoms with E-state index in [1.165, 1.54) is 0 Å². The van der Waals surface area contributed by atoms with Crippen LogP contribution < -0.4 is 0 Å². The lowest BCUT2D eigenvalue weighted by Crippen LogP contribution is -2.19. The Morgan fingerprint density at radius 3 is 2.88 bits per heavy atom. The number of methoxy groups -OCH3 is 1. The van der Waals surface area contributed by atoms with E-state index in [-0.39, 0.29) is 6.10 Å². The molecule has 0 spiro atoms. The third-order valence-electron chi connectivity index (χ3n) is 1.18. The average Bonchev–Trinajstić information content (AvgIpc) is 2.14. The van der Waals surface area contributed by atoms with Gasteiger partial charge in [0.15, 0.2) is 0 Å². The Morgan fingerprint density at radius 1 is 1.88 bits per heavy atom. The van der Waals surface area contributed by atoms with Gasteiger partial charge in [-0.3, -0.25) is 5.01 Å². The van der Waals surface area contributed by atoms with Crippen LogP contribution >= 0.6 is 0 Å². The largest absolute Gasteiger partial charge is 0.374 e. The van der Waals surface area contributed by atoms with Gasteiger partial charge in [-0.2, -0.15) is 5.10 Å². The van der Waals surface area contributed by atoms with Crippen molar-refractivity contribution in [2.45, 2.75) is 6.10 Å². The van der Waals surface area contributed by atoms with E-state index >= 15 is 0 Å². The molecule has 8 heavy (non-hydrogen) atoms. The second kappa shape index (κ2) is 2.13. The van der Waals surface area contributed by atoms with Gasteiger partial charge in [-0.15, -0.1) is 0 Å². The van der Waals surface area contributed by atoms with Crippen LogP contribution in [0, 0.1) is 0 Å². The van der Waals surface area contributed by atoms with Crippen LogP contribution in [0.15, 0.2) is 5.10 Å². The van der Waals surface area contributed by atoms with E-state index in [0.717, 1.165) is 6.54 Å². The molecule has 3 heteroatoms. The van der Waals surface area contributed by atoms with E-state index in [9.17, 15) is 0 Å². The minimum atomic E-state index is 0.208. The third kappa shape index (κ3) is 0.980. The summed E-state index contributed by atoms with van der Waals surface area (Å²) in [5, 5.41) is 5.83. The zero-order valence-corrected chi connectivity index (χ0v) is 5.16. The van der Waals surface area contributed by atoms with Gasteiger partial charge in [0.05, 0.1) is 12.8 Å². The van der Waals surface area contributed by atoms with E-state index in [1.807, 2.05) is 12.1 Å². The van der Waals surface area contributed by atoms with Crippen molar-refractivity contribution in [2.24, 2.45) is 5.10 Å². The lowest BCUT2D eigenvalue weighted by atomic mass is 10.4. The van der Waals surface area contributed by atoms with Gasteiger partial charge >= 0.3 is 0 Å². The van der Waals surface area contributed by atoms with Crippen LogP contribution in [-0.2, 0) is 4.74 Å². The van der Waals surface area contributed by atoms with Crippen molar-refractivity contribution in [1.29, 1.82) is 0 Å². The lowest BCUT2D eigenvalue weighted by Gasteiger charge is -2.06. The number of nitrogens with zero attached hydrogens (tertiary/aromatic N) is 2. The first kappa shape index (κ1) is 5.56. The van der Waals surface area contributed by atoms with Crippen molar-refractivity contribution in [2.75, 3.05) is 20.7 Å². The minimum absolute atomic E-state index is 0.208. The molecule has 0 radical (unpaired) electrons. The summed E-state index contributed by atoms with van der Waals surface area (Å²) in [5.41, 5.74) is 0. The fraction of sp³-hybridized carbons (Fsp3) is 0.800. The first-order valence-electron chi connectivity index (χ1n) is 2.61. The molecule has 3 nitrogen and oxygen atoms in total. The topological polar surface area (TPSA) is 24.8 Å². The molecule has 0 aromatic carbocycles. The van der Waals surface area contributed by atoms with E-state index in [0.29, 0.717) is 0 Å². The number of ether oxygens (including phenoxy) is 1. The maximum atomic E-state index is 4.99. The van der Waals surface area contributed by atoms with Gasteiger partial charge in [-0.1, -0.05) is 0 Å². The Morgan fingerprint density at radius 2 is 2.62 bits per heavy atom. The van der Waals surface area contributed by atoms with Crippen LogP contribution in [0.5, 0.6) is 0 Å². The van der Waals surface area contributed by atoms with Gasteiger partial charge in [-0.05, 0) is 0 Å². The predicted molar refractivity (Wildman–Crippen MR) is 31.9 cm³/mol. The molecule has 0 bridgehead atoms. The highest BCUT2D eigenvalue weighted by molar-refractivity contribution is 5.64. The normalized spacial score (nSPS) is 27.2. The molecule has 1 aliphatic rings. The fourth-order valence-electron chi connectivity index (χ4n) is 0.678. The highest BCUT2D eigenvalue weighted by Crippen LogP contribution is 1.98. The molecule has 0 aromatic heterocycles. The van der Waals surface area contributed by atoms with Crippen molar-refractivity contribution in [1.82, 2.24) is 5.01 Å². The molecule has 1 heterocycles. The second-order valence-electron chi connectivity index (χ2n) is 1.88. The van der Waals surface area contributed by atoms with E-state index in [4.69, 9.17) is 4.74 Å². The van der Waals surface area contributed by atoms with Gasteiger partial charge in [0.2, 0.25) is 0 Å². The molecule has 0 aromatic rings. The SMILES string of the molecule is COC1C=NN(C)C1. The van der Waals surface area contributed by atoms with Gasteiger partial charge < -0.3 is 4.74 Å². The predicted octanol–water partition coefficient (Wildman–Crippen LogP) is -0.0674. The molecule has 1 aliphatic heterocycles. The Bertz CT molecular complexity index is 103. The zero-order chi connectivity index (χ0) is 5.98. The molecule has 0 saturated carbocycles. The molecule has 0 saturated heterocycles. The van der Waals surface area contributed by atoms with Crippen LogP contribution in [0.25, 0.3) is 0 Å². The van der Waals surface area contributed by atoms with Crippen LogP contribution in [0.2, 0.25) is 0 Å². The summed E-state index contributed by atoms with van der Waals surface area (Å²) in [6.07, 6.45) is 2.01. The summed E-state index contributed by atoms with van der Waals surface area (Å²) in [7, 11) is 3.62. The molecule has 1 rings (SSSR count). The maximum absolute atomic E-state index is 4.99. The molecule has 0 aliphatic carbocycles. The quantitative estimate of drug-likeness (QED) is 0.477. The van der Waals surface area contributed by atoms with Gasteiger partial charge in [0, 0.05) is 14.2 Å².